The molecule has 0 saturated carbocycles. The molecule has 0 amide bonds. The van der Waals surface area contributed by atoms with Crippen molar-refractivity contribution < 1.29 is 0 Å². The maximum atomic E-state index is 6.58. The van der Waals surface area contributed by atoms with E-state index in [1.807, 2.05) is 0 Å². The third-order valence-electron chi connectivity index (χ3n) is 4.65. The van der Waals surface area contributed by atoms with Crippen LogP contribution in [0.5, 0.6) is 0 Å². The highest BCUT2D eigenvalue weighted by Crippen LogP contribution is 2.33. The highest BCUT2D eigenvalue weighted by Gasteiger charge is 2.25. The zero-order chi connectivity index (χ0) is 13.3. The van der Waals surface area contributed by atoms with E-state index >= 15 is 0 Å². The highest BCUT2D eigenvalue weighted by molar-refractivity contribution is 5.45. The van der Waals surface area contributed by atoms with E-state index in [9.17, 15) is 0 Å². The normalized spacial score (nSPS) is 18.9. The van der Waals surface area contributed by atoms with Crippen molar-refractivity contribution in [2.24, 2.45) is 11.7 Å². The van der Waals surface area contributed by atoms with E-state index in [-0.39, 0.29) is 6.04 Å². The Bertz CT molecular complexity index is 405. The molecule has 1 heterocycles. The van der Waals surface area contributed by atoms with Crippen molar-refractivity contribution in [3.63, 3.8) is 0 Å². The van der Waals surface area contributed by atoms with E-state index < -0.39 is 0 Å². The second-order valence-electron chi connectivity index (χ2n) is 5.79. The van der Waals surface area contributed by atoms with Crippen LogP contribution in [0.25, 0.3) is 0 Å². The summed E-state index contributed by atoms with van der Waals surface area (Å²) in [6.07, 6.45) is 2.40. The summed E-state index contributed by atoms with van der Waals surface area (Å²) < 4.78 is 0. The molecule has 1 aliphatic rings. The zero-order valence-electron chi connectivity index (χ0n) is 12.1. The number of nitrogens with one attached hydrogen (secondary N) is 1. The third kappa shape index (κ3) is 2.45. The first-order valence-corrected chi connectivity index (χ1v) is 7.06. The molecule has 0 spiro atoms. The predicted molar refractivity (Wildman–Crippen MR) is 77.9 cm³/mol. The molecular weight excluding hydrogens is 220 g/mol. The summed E-state index contributed by atoms with van der Waals surface area (Å²) in [5, 5.41) is 3.42. The SMILES string of the molecule is Cc1cc(C)c(C)c(C(N)C2CCNCC2)c1C. The first-order chi connectivity index (χ1) is 8.52. The van der Waals surface area contributed by atoms with Crippen LogP contribution in [-0.2, 0) is 0 Å². The van der Waals surface area contributed by atoms with Gasteiger partial charge in [0.1, 0.15) is 0 Å². The first-order valence-electron chi connectivity index (χ1n) is 7.06. The first kappa shape index (κ1) is 13.6. The predicted octanol–water partition coefficient (Wildman–Crippen LogP) is 2.92. The Morgan fingerprint density at radius 2 is 1.56 bits per heavy atom. The van der Waals surface area contributed by atoms with Crippen molar-refractivity contribution in [2.45, 2.75) is 46.6 Å². The minimum Gasteiger partial charge on any atom is -0.324 e. The fourth-order valence-corrected chi connectivity index (χ4v) is 3.19. The van der Waals surface area contributed by atoms with E-state index in [2.05, 4.69) is 39.1 Å². The van der Waals surface area contributed by atoms with Gasteiger partial charge in [0.15, 0.2) is 0 Å². The van der Waals surface area contributed by atoms with E-state index in [4.69, 9.17) is 5.73 Å². The van der Waals surface area contributed by atoms with Crippen LogP contribution in [0.15, 0.2) is 6.07 Å². The molecule has 1 aliphatic heterocycles. The molecule has 0 bridgehead atoms. The molecule has 3 N–H and O–H groups in total. The summed E-state index contributed by atoms with van der Waals surface area (Å²) in [7, 11) is 0. The molecule has 0 radical (unpaired) electrons. The molecule has 2 nitrogen and oxygen atoms in total. The smallest absolute Gasteiger partial charge is 0.0329 e. The van der Waals surface area contributed by atoms with Gasteiger partial charge in [0.05, 0.1) is 0 Å². The van der Waals surface area contributed by atoms with Crippen molar-refractivity contribution >= 4 is 0 Å². The molecule has 0 aliphatic carbocycles. The second-order valence-corrected chi connectivity index (χ2v) is 5.79. The van der Waals surface area contributed by atoms with Gasteiger partial charge < -0.3 is 11.1 Å². The Labute approximate surface area is 111 Å². The Hall–Kier alpha value is -0.860. The lowest BCUT2D eigenvalue weighted by Gasteiger charge is -2.31. The number of hydrogen-bond acceptors (Lipinski definition) is 2. The van der Waals surface area contributed by atoms with Gasteiger partial charge in [-0.05, 0) is 87.4 Å². The van der Waals surface area contributed by atoms with Crippen LogP contribution in [0.1, 0.15) is 46.7 Å². The van der Waals surface area contributed by atoms with Crippen molar-refractivity contribution in [3.05, 3.63) is 33.9 Å². The molecular formula is C16H26N2. The number of rotatable bonds is 2. The molecule has 1 saturated heterocycles. The van der Waals surface area contributed by atoms with Crippen LogP contribution in [0.2, 0.25) is 0 Å². The van der Waals surface area contributed by atoms with Crippen LogP contribution < -0.4 is 11.1 Å². The summed E-state index contributed by atoms with van der Waals surface area (Å²) in [4.78, 5) is 0. The van der Waals surface area contributed by atoms with Crippen LogP contribution >= 0.6 is 0 Å². The lowest BCUT2D eigenvalue weighted by molar-refractivity contribution is 0.320. The zero-order valence-corrected chi connectivity index (χ0v) is 12.1. The summed E-state index contributed by atoms with van der Waals surface area (Å²) in [6.45, 7) is 11.1. The molecule has 2 heteroatoms. The molecule has 1 aromatic rings. The molecule has 18 heavy (non-hydrogen) atoms. The van der Waals surface area contributed by atoms with Crippen LogP contribution in [0, 0.1) is 33.6 Å². The van der Waals surface area contributed by atoms with Gasteiger partial charge in [0.2, 0.25) is 0 Å². The Morgan fingerprint density at radius 3 is 2.06 bits per heavy atom. The van der Waals surface area contributed by atoms with Gasteiger partial charge in [-0.3, -0.25) is 0 Å². The number of nitrogens with two attached hydrogens (primary N) is 1. The van der Waals surface area contributed by atoms with Crippen molar-refractivity contribution in [3.8, 4) is 0 Å². The minimum atomic E-state index is 0.200. The standard InChI is InChI=1S/C16H26N2/c1-10-9-11(2)13(4)15(12(10)3)16(17)14-5-7-18-8-6-14/h9,14,16,18H,5-8,17H2,1-4H3. The molecule has 1 unspecified atom stereocenters. The van der Waals surface area contributed by atoms with Crippen molar-refractivity contribution in [1.82, 2.24) is 5.32 Å². The number of hydrogen-bond donors (Lipinski definition) is 2. The molecule has 2 rings (SSSR count). The summed E-state index contributed by atoms with van der Waals surface area (Å²) in [5.41, 5.74) is 13.5. The van der Waals surface area contributed by atoms with Gasteiger partial charge in [0, 0.05) is 6.04 Å². The number of aryl methyl sites for hydroxylation is 2. The van der Waals surface area contributed by atoms with Gasteiger partial charge >= 0.3 is 0 Å². The summed E-state index contributed by atoms with van der Waals surface area (Å²) >= 11 is 0. The average molecular weight is 246 g/mol. The van der Waals surface area contributed by atoms with Gasteiger partial charge in [-0.2, -0.15) is 0 Å². The molecule has 1 aromatic carbocycles. The molecule has 1 fully saturated rings. The largest absolute Gasteiger partial charge is 0.324 e. The third-order valence-corrected chi connectivity index (χ3v) is 4.65. The number of piperidine rings is 1. The number of benzene rings is 1. The average Bonchev–Trinajstić information content (AvgIpc) is 2.37. The Balaban J connectivity index is 2.37. The van der Waals surface area contributed by atoms with Gasteiger partial charge in [-0.25, -0.2) is 0 Å². The fraction of sp³-hybridized carbons (Fsp3) is 0.625. The van der Waals surface area contributed by atoms with Crippen molar-refractivity contribution in [1.29, 1.82) is 0 Å². The molecule has 0 aromatic heterocycles. The van der Waals surface area contributed by atoms with Crippen LogP contribution in [0.3, 0.4) is 0 Å². The Morgan fingerprint density at radius 1 is 1.06 bits per heavy atom. The van der Waals surface area contributed by atoms with E-state index in [0.717, 1.165) is 13.1 Å². The van der Waals surface area contributed by atoms with Crippen LogP contribution in [-0.4, -0.2) is 13.1 Å². The molecule has 1 atom stereocenters. The van der Waals surface area contributed by atoms with Gasteiger partial charge in [0.25, 0.3) is 0 Å². The Kier molecular flexibility index (Phi) is 4.08. The molecule has 100 valence electrons. The maximum Gasteiger partial charge on any atom is 0.0329 e. The summed E-state index contributed by atoms with van der Waals surface area (Å²) in [6, 6.07) is 2.48. The quantitative estimate of drug-likeness (QED) is 0.842. The highest BCUT2D eigenvalue weighted by atomic mass is 14.9. The van der Waals surface area contributed by atoms with E-state index in [1.54, 1.807) is 0 Å². The lowest BCUT2D eigenvalue weighted by atomic mass is 9.81. The van der Waals surface area contributed by atoms with E-state index in [0.29, 0.717) is 5.92 Å². The minimum absolute atomic E-state index is 0.200. The van der Waals surface area contributed by atoms with Gasteiger partial charge in [-0.15, -0.1) is 0 Å². The monoisotopic (exact) mass is 246 g/mol. The van der Waals surface area contributed by atoms with Crippen LogP contribution in [0.4, 0.5) is 0 Å². The van der Waals surface area contributed by atoms with E-state index in [1.165, 1.54) is 40.7 Å². The summed E-state index contributed by atoms with van der Waals surface area (Å²) in [5.74, 6) is 0.629. The van der Waals surface area contributed by atoms with Crippen molar-refractivity contribution in [2.75, 3.05) is 13.1 Å². The topological polar surface area (TPSA) is 38.0 Å². The maximum absolute atomic E-state index is 6.58. The lowest BCUT2D eigenvalue weighted by Crippen LogP contribution is -2.34. The second kappa shape index (κ2) is 5.41. The van der Waals surface area contributed by atoms with Gasteiger partial charge in [-0.1, -0.05) is 6.07 Å². The fourth-order valence-electron chi connectivity index (χ4n) is 3.19.